The van der Waals surface area contributed by atoms with Crippen LogP contribution < -0.4 is 5.32 Å². The maximum atomic E-state index is 13.8. The molecule has 5 nitrogen and oxygen atoms in total. The Labute approximate surface area is 145 Å². The molecule has 1 aliphatic heterocycles. The molecule has 3 rings (SSSR count). The molecule has 0 bridgehead atoms. The van der Waals surface area contributed by atoms with Gasteiger partial charge < -0.3 is 10.1 Å². The lowest BCUT2D eigenvalue weighted by molar-refractivity contribution is -0.122. The van der Waals surface area contributed by atoms with Crippen LogP contribution in [0.4, 0.5) is 8.78 Å². The lowest BCUT2D eigenvalue weighted by Crippen LogP contribution is -2.26. The van der Waals surface area contributed by atoms with Gasteiger partial charge in [0.1, 0.15) is 11.5 Å². The van der Waals surface area contributed by atoms with E-state index in [9.17, 15) is 13.6 Å². The first-order chi connectivity index (χ1) is 12.1. The summed E-state index contributed by atoms with van der Waals surface area (Å²) in [6, 6.07) is 3.31. The zero-order valence-corrected chi connectivity index (χ0v) is 13.9. The molecule has 25 heavy (non-hydrogen) atoms. The lowest BCUT2D eigenvalue weighted by atomic mass is 10.0. The van der Waals surface area contributed by atoms with Gasteiger partial charge in [0.15, 0.2) is 5.82 Å². The number of rotatable bonds is 6. The van der Waals surface area contributed by atoms with Gasteiger partial charge in [0, 0.05) is 37.4 Å². The predicted molar refractivity (Wildman–Crippen MR) is 88.2 cm³/mol. The molecule has 2 heterocycles. The Balaban J connectivity index is 1.48. The summed E-state index contributed by atoms with van der Waals surface area (Å²) in [7, 11) is 0. The third-order valence-corrected chi connectivity index (χ3v) is 4.25. The number of nitrogens with one attached hydrogen (secondary N) is 1. The Bertz CT molecular complexity index is 727. The van der Waals surface area contributed by atoms with Gasteiger partial charge in [-0.25, -0.2) is 13.5 Å². The van der Waals surface area contributed by atoms with E-state index in [-0.39, 0.29) is 17.7 Å². The smallest absolute Gasteiger partial charge is 0.220 e. The molecule has 1 saturated heterocycles. The van der Waals surface area contributed by atoms with Crippen LogP contribution in [-0.2, 0) is 16.1 Å². The fourth-order valence-corrected chi connectivity index (χ4v) is 2.87. The number of halogens is 2. The first-order valence-electron chi connectivity index (χ1n) is 8.49. The number of aromatic nitrogens is 2. The van der Waals surface area contributed by atoms with Crippen molar-refractivity contribution < 1.29 is 18.3 Å². The number of hydrogen-bond donors (Lipinski definition) is 1. The van der Waals surface area contributed by atoms with Gasteiger partial charge in [0.05, 0.1) is 12.3 Å². The molecule has 0 aliphatic carbocycles. The van der Waals surface area contributed by atoms with E-state index in [1.54, 1.807) is 12.4 Å². The molecule has 7 heteroatoms. The molecule has 1 aromatic carbocycles. The fraction of sp³-hybridized carbons (Fsp3) is 0.444. The predicted octanol–water partition coefficient (Wildman–Crippen LogP) is 3.12. The van der Waals surface area contributed by atoms with Crippen LogP contribution >= 0.6 is 0 Å². The highest BCUT2D eigenvalue weighted by atomic mass is 19.1. The molecule has 0 radical (unpaired) electrons. The van der Waals surface area contributed by atoms with Crippen molar-refractivity contribution in [2.24, 2.45) is 0 Å². The van der Waals surface area contributed by atoms with Crippen LogP contribution in [0.1, 0.15) is 37.7 Å². The minimum Gasteiger partial charge on any atom is -0.378 e. The van der Waals surface area contributed by atoms with E-state index in [0.717, 1.165) is 43.9 Å². The fourth-order valence-electron chi connectivity index (χ4n) is 2.87. The lowest BCUT2D eigenvalue weighted by Gasteiger charge is -2.22. The number of nitrogens with zero attached hydrogens (tertiary/aromatic N) is 2. The second kappa shape index (κ2) is 8.20. The SMILES string of the molecule is O=C(CC[C@@H]1CCCCO1)NCc1cnn(-c2ccc(F)cc2F)c1. The van der Waals surface area contributed by atoms with Crippen molar-refractivity contribution in [1.82, 2.24) is 15.1 Å². The number of benzene rings is 1. The Hall–Kier alpha value is -2.28. The average Bonchev–Trinajstić information content (AvgIpc) is 3.08. The average molecular weight is 349 g/mol. The number of amides is 1. The Kier molecular flexibility index (Phi) is 5.75. The molecule has 0 saturated carbocycles. The van der Waals surface area contributed by atoms with E-state index in [4.69, 9.17) is 4.74 Å². The van der Waals surface area contributed by atoms with Crippen LogP contribution in [-0.4, -0.2) is 28.4 Å². The van der Waals surface area contributed by atoms with E-state index >= 15 is 0 Å². The molecule has 1 N–H and O–H groups in total. The Morgan fingerprint density at radius 3 is 3.00 bits per heavy atom. The molecule has 1 aliphatic rings. The van der Waals surface area contributed by atoms with Crippen molar-refractivity contribution in [3.8, 4) is 5.69 Å². The van der Waals surface area contributed by atoms with Gasteiger partial charge in [-0.2, -0.15) is 5.10 Å². The molecule has 1 fully saturated rings. The van der Waals surface area contributed by atoms with Crippen molar-refractivity contribution in [3.63, 3.8) is 0 Å². The van der Waals surface area contributed by atoms with Gasteiger partial charge >= 0.3 is 0 Å². The van der Waals surface area contributed by atoms with E-state index in [1.165, 1.54) is 16.8 Å². The summed E-state index contributed by atoms with van der Waals surface area (Å²) in [5.74, 6) is -1.37. The third kappa shape index (κ3) is 4.85. The summed E-state index contributed by atoms with van der Waals surface area (Å²) in [5.41, 5.74) is 0.902. The summed E-state index contributed by atoms with van der Waals surface area (Å²) in [5, 5.41) is 6.88. The maximum absolute atomic E-state index is 13.8. The molecule has 1 atom stereocenters. The van der Waals surface area contributed by atoms with E-state index in [0.29, 0.717) is 13.0 Å². The molecule has 134 valence electrons. The van der Waals surface area contributed by atoms with Crippen LogP contribution in [0.5, 0.6) is 0 Å². The minimum absolute atomic E-state index is 0.0464. The standard InChI is InChI=1S/C18H21F2N3O2/c19-14-4-6-17(16(20)9-14)23-12-13(11-22-23)10-21-18(24)7-5-15-3-1-2-8-25-15/h4,6,9,11-12,15H,1-3,5,7-8,10H2,(H,21,24)/t15-/m0/s1. The normalized spacial score (nSPS) is 17.4. The van der Waals surface area contributed by atoms with Gasteiger partial charge in [-0.1, -0.05) is 0 Å². The summed E-state index contributed by atoms with van der Waals surface area (Å²) in [6.45, 7) is 1.10. The quantitative estimate of drug-likeness (QED) is 0.872. The van der Waals surface area contributed by atoms with Crippen molar-refractivity contribution >= 4 is 5.91 Å². The molecule has 1 amide bonds. The van der Waals surface area contributed by atoms with Gasteiger partial charge in [0.25, 0.3) is 0 Å². The zero-order chi connectivity index (χ0) is 17.6. The number of carbonyl (C=O) groups excluding carboxylic acids is 1. The number of ether oxygens (including phenoxy) is 1. The monoisotopic (exact) mass is 349 g/mol. The largest absolute Gasteiger partial charge is 0.378 e. The third-order valence-electron chi connectivity index (χ3n) is 4.25. The second-order valence-corrected chi connectivity index (χ2v) is 6.19. The van der Waals surface area contributed by atoms with E-state index in [1.807, 2.05) is 0 Å². The molecular weight excluding hydrogens is 328 g/mol. The Morgan fingerprint density at radius 2 is 2.24 bits per heavy atom. The zero-order valence-electron chi connectivity index (χ0n) is 13.9. The molecular formula is C18H21F2N3O2. The maximum Gasteiger partial charge on any atom is 0.220 e. The van der Waals surface area contributed by atoms with Gasteiger partial charge in [-0.05, 0) is 37.8 Å². The van der Waals surface area contributed by atoms with Crippen LogP contribution in [0.15, 0.2) is 30.6 Å². The molecule has 0 unspecified atom stereocenters. The molecule has 0 spiro atoms. The summed E-state index contributed by atoms with van der Waals surface area (Å²) in [4.78, 5) is 11.9. The van der Waals surface area contributed by atoms with Crippen LogP contribution in [0.2, 0.25) is 0 Å². The highest BCUT2D eigenvalue weighted by Gasteiger charge is 2.15. The number of carbonyl (C=O) groups is 1. The second-order valence-electron chi connectivity index (χ2n) is 6.19. The number of hydrogen-bond acceptors (Lipinski definition) is 3. The minimum atomic E-state index is -0.689. The van der Waals surface area contributed by atoms with Crippen molar-refractivity contribution in [2.45, 2.75) is 44.8 Å². The van der Waals surface area contributed by atoms with Crippen LogP contribution in [0.3, 0.4) is 0 Å². The van der Waals surface area contributed by atoms with Crippen LogP contribution in [0.25, 0.3) is 5.69 Å². The highest BCUT2D eigenvalue weighted by Crippen LogP contribution is 2.17. The van der Waals surface area contributed by atoms with Crippen LogP contribution in [0, 0.1) is 11.6 Å². The first kappa shape index (κ1) is 17.5. The first-order valence-corrected chi connectivity index (χ1v) is 8.49. The van der Waals surface area contributed by atoms with Gasteiger partial charge in [0.2, 0.25) is 5.91 Å². The topological polar surface area (TPSA) is 56.1 Å². The summed E-state index contributed by atoms with van der Waals surface area (Å²) >= 11 is 0. The van der Waals surface area contributed by atoms with Crippen molar-refractivity contribution in [3.05, 3.63) is 47.8 Å². The Morgan fingerprint density at radius 1 is 1.36 bits per heavy atom. The van der Waals surface area contributed by atoms with E-state index < -0.39 is 11.6 Å². The summed E-state index contributed by atoms with van der Waals surface area (Å²) < 4.78 is 33.6. The van der Waals surface area contributed by atoms with Crippen molar-refractivity contribution in [2.75, 3.05) is 6.61 Å². The summed E-state index contributed by atoms with van der Waals surface area (Å²) in [6.07, 6.45) is 7.77. The van der Waals surface area contributed by atoms with E-state index in [2.05, 4.69) is 10.4 Å². The van der Waals surface area contributed by atoms with Gasteiger partial charge in [-0.3, -0.25) is 4.79 Å². The van der Waals surface area contributed by atoms with Gasteiger partial charge in [-0.15, -0.1) is 0 Å². The molecule has 2 aromatic rings. The van der Waals surface area contributed by atoms with Crippen molar-refractivity contribution in [1.29, 1.82) is 0 Å². The highest BCUT2D eigenvalue weighted by molar-refractivity contribution is 5.75. The molecule has 1 aromatic heterocycles.